The minimum atomic E-state index is -2.17. The van der Waals surface area contributed by atoms with Crippen molar-refractivity contribution in [2.45, 2.75) is 32.8 Å². The number of ether oxygens (including phenoxy) is 1. The smallest absolute Gasteiger partial charge is 0.246 e. The lowest BCUT2D eigenvalue weighted by molar-refractivity contribution is -0.296. The van der Waals surface area contributed by atoms with E-state index in [1.54, 1.807) is 45.0 Å². The second-order valence-corrected chi connectivity index (χ2v) is 6.21. The normalized spacial score (nSPS) is 14.0. The SMILES string of the molecule is CC(C)(C)C(O)(O)C(Oc1ccc(Cl)cc1)n1cncn1. The molecular formula is C14H18ClN3O3. The predicted molar refractivity (Wildman–Crippen MR) is 77.8 cm³/mol. The molecule has 2 N–H and O–H groups in total. The van der Waals surface area contributed by atoms with Gasteiger partial charge in [-0.2, -0.15) is 5.10 Å². The highest BCUT2D eigenvalue weighted by Gasteiger charge is 2.48. The zero-order valence-corrected chi connectivity index (χ0v) is 12.8. The van der Waals surface area contributed by atoms with Gasteiger partial charge in [-0.25, -0.2) is 9.67 Å². The molecule has 0 bridgehead atoms. The Morgan fingerprint density at radius 3 is 2.29 bits per heavy atom. The Labute approximate surface area is 128 Å². The van der Waals surface area contributed by atoms with Crippen LogP contribution in [0.5, 0.6) is 5.75 Å². The Morgan fingerprint density at radius 2 is 1.81 bits per heavy atom. The second kappa shape index (κ2) is 5.63. The van der Waals surface area contributed by atoms with Gasteiger partial charge in [0.1, 0.15) is 18.4 Å². The van der Waals surface area contributed by atoms with Gasteiger partial charge in [-0.15, -0.1) is 0 Å². The molecule has 1 heterocycles. The lowest BCUT2D eigenvalue weighted by atomic mass is 9.84. The number of hydrogen-bond acceptors (Lipinski definition) is 5. The van der Waals surface area contributed by atoms with Gasteiger partial charge in [-0.05, 0) is 24.3 Å². The molecule has 0 aliphatic heterocycles. The molecule has 0 saturated carbocycles. The maximum atomic E-state index is 10.5. The summed E-state index contributed by atoms with van der Waals surface area (Å²) in [5.74, 6) is -1.73. The summed E-state index contributed by atoms with van der Waals surface area (Å²) in [5, 5.41) is 25.5. The third-order valence-electron chi connectivity index (χ3n) is 3.19. The molecule has 1 atom stereocenters. The zero-order chi connectivity index (χ0) is 15.7. The zero-order valence-electron chi connectivity index (χ0n) is 12.1. The number of nitrogens with zero attached hydrogens (tertiary/aromatic N) is 3. The first-order valence-corrected chi connectivity index (χ1v) is 6.81. The lowest BCUT2D eigenvalue weighted by Gasteiger charge is -2.40. The number of rotatable bonds is 4. The molecule has 0 aliphatic carbocycles. The third-order valence-corrected chi connectivity index (χ3v) is 3.44. The monoisotopic (exact) mass is 311 g/mol. The van der Waals surface area contributed by atoms with E-state index in [1.165, 1.54) is 17.3 Å². The molecule has 21 heavy (non-hydrogen) atoms. The van der Waals surface area contributed by atoms with Crippen molar-refractivity contribution in [1.29, 1.82) is 0 Å². The Morgan fingerprint density at radius 1 is 1.19 bits per heavy atom. The number of halogens is 1. The van der Waals surface area contributed by atoms with Gasteiger partial charge in [-0.1, -0.05) is 32.4 Å². The largest absolute Gasteiger partial charge is 0.463 e. The summed E-state index contributed by atoms with van der Waals surface area (Å²) >= 11 is 5.83. The summed E-state index contributed by atoms with van der Waals surface area (Å²) in [6.45, 7) is 5.09. The maximum Gasteiger partial charge on any atom is 0.246 e. The molecule has 1 unspecified atom stereocenters. The summed E-state index contributed by atoms with van der Waals surface area (Å²) in [4.78, 5) is 3.82. The van der Waals surface area contributed by atoms with Gasteiger partial charge in [0.2, 0.25) is 12.0 Å². The molecule has 6 nitrogen and oxygen atoms in total. The molecule has 1 aromatic heterocycles. The third kappa shape index (κ3) is 3.34. The van der Waals surface area contributed by atoms with Crippen LogP contribution in [0.2, 0.25) is 5.02 Å². The molecule has 0 aliphatic rings. The average Bonchev–Trinajstić information content (AvgIpc) is 2.90. The fourth-order valence-electron chi connectivity index (χ4n) is 1.67. The Hall–Kier alpha value is -1.63. The summed E-state index contributed by atoms with van der Waals surface area (Å²) in [6, 6.07) is 6.60. The number of benzene rings is 1. The quantitative estimate of drug-likeness (QED) is 0.846. The van der Waals surface area contributed by atoms with Crippen LogP contribution in [0.3, 0.4) is 0 Å². The van der Waals surface area contributed by atoms with Gasteiger partial charge in [0, 0.05) is 10.4 Å². The highest BCUT2D eigenvalue weighted by Crippen LogP contribution is 2.38. The minimum absolute atomic E-state index is 0.441. The van der Waals surface area contributed by atoms with Crippen LogP contribution < -0.4 is 4.74 Å². The lowest BCUT2D eigenvalue weighted by Crippen LogP contribution is -2.52. The van der Waals surface area contributed by atoms with Crippen molar-refractivity contribution < 1.29 is 14.9 Å². The molecule has 2 aromatic rings. The molecular weight excluding hydrogens is 294 g/mol. The molecule has 0 saturated heterocycles. The fourth-order valence-corrected chi connectivity index (χ4v) is 1.80. The summed E-state index contributed by atoms with van der Waals surface area (Å²) in [7, 11) is 0. The van der Waals surface area contributed by atoms with Crippen LogP contribution in [0.1, 0.15) is 27.0 Å². The molecule has 7 heteroatoms. The molecule has 114 valence electrons. The van der Waals surface area contributed by atoms with Crippen molar-refractivity contribution in [3.8, 4) is 5.75 Å². The first-order valence-electron chi connectivity index (χ1n) is 6.43. The van der Waals surface area contributed by atoms with E-state index in [0.29, 0.717) is 10.8 Å². The van der Waals surface area contributed by atoms with Crippen LogP contribution in [0, 0.1) is 5.41 Å². The van der Waals surface area contributed by atoms with Crippen molar-refractivity contribution in [3.05, 3.63) is 41.9 Å². The van der Waals surface area contributed by atoms with Crippen LogP contribution in [-0.4, -0.2) is 30.8 Å². The van der Waals surface area contributed by atoms with Crippen molar-refractivity contribution >= 4 is 11.6 Å². The van der Waals surface area contributed by atoms with Crippen LogP contribution in [0.25, 0.3) is 0 Å². The molecule has 1 aromatic carbocycles. The molecule has 2 rings (SSSR count). The standard InChI is InChI=1S/C14H18ClN3O3/c1-13(2,3)14(19,20)12(18-9-16-8-17-18)21-11-6-4-10(15)5-7-11/h4-9,12,19-20H,1-3H3. The molecule has 0 spiro atoms. The predicted octanol–water partition coefficient (Wildman–Crippen LogP) is 2.24. The Bertz CT molecular complexity index is 577. The van der Waals surface area contributed by atoms with E-state index in [0.717, 1.165) is 0 Å². The van der Waals surface area contributed by atoms with Crippen LogP contribution in [0.15, 0.2) is 36.9 Å². The van der Waals surface area contributed by atoms with Crippen molar-refractivity contribution in [1.82, 2.24) is 14.8 Å². The summed E-state index contributed by atoms with van der Waals surface area (Å²) in [6.07, 6.45) is 1.52. The van der Waals surface area contributed by atoms with Crippen molar-refractivity contribution in [3.63, 3.8) is 0 Å². The van der Waals surface area contributed by atoms with Gasteiger partial charge < -0.3 is 14.9 Å². The Kier molecular flexibility index (Phi) is 4.22. The van der Waals surface area contributed by atoms with Gasteiger partial charge in [0.15, 0.2) is 0 Å². The van der Waals surface area contributed by atoms with Gasteiger partial charge >= 0.3 is 0 Å². The van der Waals surface area contributed by atoms with E-state index in [-0.39, 0.29) is 0 Å². The first kappa shape index (κ1) is 15.8. The second-order valence-electron chi connectivity index (χ2n) is 5.78. The molecule has 0 radical (unpaired) electrons. The highest BCUT2D eigenvalue weighted by atomic mass is 35.5. The summed E-state index contributed by atoms with van der Waals surface area (Å²) in [5.41, 5.74) is -0.865. The summed E-state index contributed by atoms with van der Waals surface area (Å²) < 4.78 is 6.97. The van der Waals surface area contributed by atoms with E-state index in [4.69, 9.17) is 16.3 Å². The van der Waals surface area contributed by atoms with Gasteiger partial charge in [-0.3, -0.25) is 0 Å². The number of aliphatic hydroxyl groups is 2. The van der Waals surface area contributed by atoms with Crippen LogP contribution >= 0.6 is 11.6 Å². The topological polar surface area (TPSA) is 80.4 Å². The van der Waals surface area contributed by atoms with Crippen LogP contribution in [0.4, 0.5) is 0 Å². The van der Waals surface area contributed by atoms with Crippen LogP contribution in [-0.2, 0) is 0 Å². The van der Waals surface area contributed by atoms with Gasteiger partial charge in [0.05, 0.1) is 0 Å². The Balaban J connectivity index is 2.36. The molecule has 0 amide bonds. The maximum absolute atomic E-state index is 10.5. The van der Waals surface area contributed by atoms with E-state index < -0.39 is 17.4 Å². The highest BCUT2D eigenvalue weighted by molar-refractivity contribution is 6.30. The first-order chi connectivity index (χ1) is 9.72. The number of aromatic nitrogens is 3. The van der Waals surface area contributed by atoms with Crippen molar-refractivity contribution in [2.75, 3.05) is 0 Å². The minimum Gasteiger partial charge on any atom is -0.463 e. The van der Waals surface area contributed by atoms with E-state index in [2.05, 4.69) is 10.1 Å². The van der Waals surface area contributed by atoms with E-state index in [1.807, 2.05) is 0 Å². The van der Waals surface area contributed by atoms with Gasteiger partial charge in [0.25, 0.3) is 0 Å². The van der Waals surface area contributed by atoms with Crippen molar-refractivity contribution in [2.24, 2.45) is 5.41 Å². The fraction of sp³-hybridized carbons (Fsp3) is 0.429. The molecule has 0 fully saturated rings. The van der Waals surface area contributed by atoms with E-state index >= 15 is 0 Å². The van der Waals surface area contributed by atoms with E-state index in [9.17, 15) is 10.2 Å². The number of hydrogen-bond donors (Lipinski definition) is 2. The average molecular weight is 312 g/mol.